The largest absolute Gasteiger partial charge is 0.481 e. The maximum Gasteiger partial charge on any atom is 0.414 e. The smallest absolute Gasteiger partial charge is 0.414 e. The minimum atomic E-state index is -0.905. The maximum absolute atomic E-state index is 12.7. The number of hydrogen-bond donors (Lipinski definition) is 3. The Morgan fingerprint density at radius 2 is 2.10 bits per heavy atom. The van der Waals surface area contributed by atoms with Crippen molar-refractivity contribution in [3.63, 3.8) is 0 Å². The molecule has 6 rings (SSSR count). The third-order valence-electron chi connectivity index (χ3n) is 7.11. The lowest BCUT2D eigenvalue weighted by atomic mass is 10.0. The van der Waals surface area contributed by atoms with Crippen molar-refractivity contribution in [1.29, 1.82) is 0 Å². The number of nitrogens with one attached hydrogen (secondary N) is 2. The van der Waals surface area contributed by atoms with Crippen molar-refractivity contribution in [3.8, 4) is 5.88 Å². The zero-order valence-electron chi connectivity index (χ0n) is 21.0. The zero-order valence-corrected chi connectivity index (χ0v) is 21.8. The van der Waals surface area contributed by atoms with E-state index >= 15 is 0 Å². The number of fused-ring (bicyclic) bond motifs is 2. The number of pyridine rings is 2. The van der Waals surface area contributed by atoms with Gasteiger partial charge in [0.15, 0.2) is 0 Å². The number of nitrogens with zero attached hydrogens (tertiary/aromatic N) is 4. The van der Waals surface area contributed by atoms with Crippen molar-refractivity contribution in [2.45, 2.75) is 17.0 Å². The molecular formula is C26H26N6O6S. The molecule has 2 amide bonds. The Labute approximate surface area is 227 Å². The highest BCUT2D eigenvalue weighted by molar-refractivity contribution is 8.00. The lowest BCUT2D eigenvalue weighted by Crippen LogP contribution is -2.43. The first-order valence-electron chi connectivity index (χ1n) is 12.5. The number of cyclic esters (lactones) is 1. The highest BCUT2D eigenvalue weighted by Crippen LogP contribution is 2.36. The summed E-state index contributed by atoms with van der Waals surface area (Å²) in [5, 5.41) is 16.1. The average molecular weight is 551 g/mol. The molecule has 2 saturated heterocycles. The van der Waals surface area contributed by atoms with E-state index in [1.54, 1.807) is 25.4 Å². The second-order valence-electron chi connectivity index (χ2n) is 9.55. The van der Waals surface area contributed by atoms with E-state index in [0.717, 1.165) is 10.6 Å². The highest BCUT2D eigenvalue weighted by Gasteiger charge is 2.40. The summed E-state index contributed by atoms with van der Waals surface area (Å²) in [7, 11) is 1.54. The van der Waals surface area contributed by atoms with Gasteiger partial charge in [0.05, 0.1) is 42.2 Å². The molecule has 13 heteroatoms. The van der Waals surface area contributed by atoms with Gasteiger partial charge in [-0.15, -0.1) is 11.8 Å². The van der Waals surface area contributed by atoms with Crippen LogP contribution in [0.15, 0.2) is 47.5 Å². The lowest BCUT2D eigenvalue weighted by molar-refractivity contribution is -0.141. The minimum absolute atomic E-state index is 0.0796. The number of carbonyl (C=O) groups excluding carboxylic acids is 2. The van der Waals surface area contributed by atoms with Gasteiger partial charge in [-0.1, -0.05) is 0 Å². The lowest BCUT2D eigenvalue weighted by Gasteiger charge is -2.21. The van der Waals surface area contributed by atoms with Gasteiger partial charge in [-0.3, -0.25) is 19.5 Å². The fourth-order valence-corrected chi connectivity index (χ4v) is 5.97. The van der Waals surface area contributed by atoms with Crippen LogP contribution in [0.3, 0.4) is 0 Å². The second-order valence-corrected chi connectivity index (χ2v) is 10.6. The quantitative estimate of drug-likeness (QED) is 0.398. The van der Waals surface area contributed by atoms with E-state index in [4.69, 9.17) is 9.47 Å². The summed E-state index contributed by atoms with van der Waals surface area (Å²) in [5.74, 6) is -0.840. The van der Waals surface area contributed by atoms with E-state index in [0.29, 0.717) is 60.2 Å². The van der Waals surface area contributed by atoms with Crippen molar-refractivity contribution in [2.75, 3.05) is 54.2 Å². The van der Waals surface area contributed by atoms with Gasteiger partial charge in [0.1, 0.15) is 11.6 Å². The first-order valence-corrected chi connectivity index (χ1v) is 13.4. The standard InChI is InChI=1S/C26H26N6O6S/c1-37-23-5-3-17-24(30-23)20(6-7-27-17)31-11-16(25(34)35)19(12-31)28-9-15-10-32(26(36)38-15)14-2-4-21-18(8-14)29-22(33)13-39-21/h2-8,15-16,19,28H,9-13H2,1H3,(H,29,33)(H,34,35)/t15?,16-,19-/m1/s1. The first-order chi connectivity index (χ1) is 18.9. The van der Waals surface area contributed by atoms with Crippen molar-refractivity contribution in [3.05, 3.63) is 42.6 Å². The van der Waals surface area contributed by atoms with Crippen LogP contribution < -0.4 is 25.2 Å². The van der Waals surface area contributed by atoms with Crippen LogP contribution >= 0.6 is 11.8 Å². The molecule has 3 aliphatic heterocycles. The molecule has 1 aromatic carbocycles. The van der Waals surface area contributed by atoms with Crippen LogP contribution in [0.4, 0.5) is 21.9 Å². The topological polar surface area (TPSA) is 146 Å². The molecule has 0 aliphatic carbocycles. The fraction of sp³-hybridized carbons (Fsp3) is 0.346. The number of ether oxygens (including phenoxy) is 2. The van der Waals surface area contributed by atoms with Crippen LogP contribution in [0.5, 0.6) is 5.88 Å². The van der Waals surface area contributed by atoms with Crippen LogP contribution in [0.25, 0.3) is 11.0 Å². The number of carboxylic acid groups (broad SMARTS) is 1. The molecule has 3 aliphatic rings. The molecular weight excluding hydrogens is 524 g/mol. The molecule has 1 unspecified atom stereocenters. The van der Waals surface area contributed by atoms with Gasteiger partial charge in [0, 0.05) is 48.5 Å². The number of carboxylic acids is 1. The van der Waals surface area contributed by atoms with Gasteiger partial charge >= 0.3 is 12.1 Å². The van der Waals surface area contributed by atoms with Crippen molar-refractivity contribution >= 4 is 57.8 Å². The van der Waals surface area contributed by atoms with E-state index < -0.39 is 24.1 Å². The number of aromatic nitrogens is 2. The maximum atomic E-state index is 12.7. The normalized spacial score (nSPS) is 22.5. The number of rotatable bonds is 7. The molecule has 3 N–H and O–H groups in total. The molecule has 0 spiro atoms. The Bertz CT molecular complexity index is 1470. The highest BCUT2D eigenvalue weighted by atomic mass is 32.2. The number of hydrogen-bond acceptors (Lipinski definition) is 10. The van der Waals surface area contributed by atoms with E-state index in [1.165, 1.54) is 16.7 Å². The number of aliphatic carboxylic acids is 1. The third kappa shape index (κ3) is 4.90. The Morgan fingerprint density at radius 3 is 2.92 bits per heavy atom. The van der Waals surface area contributed by atoms with E-state index in [2.05, 4.69) is 20.6 Å². The summed E-state index contributed by atoms with van der Waals surface area (Å²) in [4.78, 5) is 49.9. The predicted octanol–water partition coefficient (Wildman–Crippen LogP) is 2.19. The van der Waals surface area contributed by atoms with Gasteiger partial charge in [0.25, 0.3) is 0 Å². The number of benzene rings is 1. The third-order valence-corrected chi connectivity index (χ3v) is 8.19. The summed E-state index contributed by atoms with van der Waals surface area (Å²) in [6.07, 6.45) is 0.732. The molecule has 0 radical (unpaired) electrons. The average Bonchev–Trinajstić information content (AvgIpc) is 3.54. The summed E-state index contributed by atoms with van der Waals surface area (Å²) in [6.45, 7) is 1.33. The summed E-state index contributed by atoms with van der Waals surface area (Å²) >= 11 is 1.45. The molecule has 0 bridgehead atoms. The van der Waals surface area contributed by atoms with Crippen LogP contribution in [-0.2, 0) is 14.3 Å². The summed E-state index contributed by atoms with van der Waals surface area (Å²) in [6, 6.07) is 10.5. The Morgan fingerprint density at radius 1 is 1.23 bits per heavy atom. The molecule has 12 nitrogen and oxygen atoms in total. The van der Waals surface area contributed by atoms with Gasteiger partial charge in [0.2, 0.25) is 11.8 Å². The molecule has 2 fully saturated rings. The molecule has 5 heterocycles. The SMILES string of the molecule is COc1ccc2nccc(N3C[C@@H](NCC4CN(c5ccc6c(c5)NC(=O)CS6)C(=O)O4)[C@H](C(=O)O)C3)c2n1. The predicted molar refractivity (Wildman–Crippen MR) is 145 cm³/mol. The Balaban J connectivity index is 1.14. The van der Waals surface area contributed by atoms with Crippen LogP contribution in [0, 0.1) is 5.92 Å². The van der Waals surface area contributed by atoms with Gasteiger partial charge < -0.3 is 30.1 Å². The number of carbonyl (C=O) groups is 3. The van der Waals surface area contributed by atoms with E-state index in [1.807, 2.05) is 29.2 Å². The van der Waals surface area contributed by atoms with E-state index in [9.17, 15) is 19.5 Å². The van der Waals surface area contributed by atoms with Crippen LogP contribution in [0.1, 0.15) is 0 Å². The van der Waals surface area contributed by atoms with Gasteiger partial charge in [-0.05, 0) is 30.3 Å². The van der Waals surface area contributed by atoms with Crippen molar-refractivity contribution < 1.29 is 29.0 Å². The van der Waals surface area contributed by atoms with Crippen molar-refractivity contribution in [2.24, 2.45) is 5.92 Å². The molecule has 3 atom stereocenters. The number of thioether (sulfide) groups is 1. The van der Waals surface area contributed by atoms with Gasteiger partial charge in [-0.2, -0.15) is 0 Å². The summed E-state index contributed by atoms with van der Waals surface area (Å²) < 4.78 is 10.9. The second kappa shape index (κ2) is 10.2. The van der Waals surface area contributed by atoms with Gasteiger partial charge in [-0.25, -0.2) is 9.78 Å². The number of anilines is 3. The summed E-state index contributed by atoms with van der Waals surface area (Å²) in [5.41, 5.74) is 3.42. The monoisotopic (exact) mass is 550 g/mol. The number of methoxy groups -OCH3 is 1. The minimum Gasteiger partial charge on any atom is -0.481 e. The van der Waals surface area contributed by atoms with Crippen LogP contribution in [-0.4, -0.2) is 84.2 Å². The molecule has 0 saturated carbocycles. The van der Waals surface area contributed by atoms with Crippen LogP contribution in [0.2, 0.25) is 0 Å². The molecule has 2 aromatic heterocycles. The molecule has 3 aromatic rings. The number of amides is 2. The van der Waals surface area contributed by atoms with Crippen molar-refractivity contribution in [1.82, 2.24) is 15.3 Å². The van der Waals surface area contributed by atoms with E-state index in [-0.39, 0.29) is 11.9 Å². The zero-order chi connectivity index (χ0) is 27.1. The Hall–Kier alpha value is -4.10. The Kier molecular flexibility index (Phi) is 6.61. The molecule has 39 heavy (non-hydrogen) atoms. The fourth-order valence-electron chi connectivity index (χ4n) is 5.18. The first kappa shape index (κ1) is 25.2. The molecule has 202 valence electrons.